The number of rotatable bonds is 16. The fourth-order valence-corrected chi connectivity index (χ4v) is 17.3. The predicted octanol–water partition coefficient (Wildman–Crippen LogP) is 9.23. The molecule has 2 unspecified atom stereocenters. The maximum atomic E-state index is 7.19. The molecule has 2 atom stereocenters. The molecule has 0 aromatic rings. The molecule has 0 saturated carbocycles. The summed E-state index contributed by atoms with van der Waals surface area (Å²) in [5.74, 6) is 0. The zero-order chi connectivity index (χ0) is 36.1. The van der Waals surface area contributed by atoms with Crippen molar-refractivity contribution < 1.29 is 57.3 Å². The molecule has 10 nitrogen and oxygen atoms in total. The Morgan fingerprint density at radius 1 is 0.400 bits per heavy atom. The van der Waals surface area contributed by atoms with Crippen molar-refractivity contribution in [2.75, 3.05) is 0 Å². The van der Waals surface area contributed by atoms with E-state index in [-0.39, 0.29) is 12.2 Å². The van der Waals surface area contributed by atoms with Gasteiger partial charge in [0.15, 0.2) is 0 Å². The van der Waals surface area contributed by atoms with Gasteiger partial charge in [-0.1, -0.05) is 0 Å². The van der Waals surface area contributed by atoms with Gasteiger partial charge in [-0.25, -0.2) is 0 Å². The van der Waals surface area contributed by atoms with E-state index in [1.54, 1.807) is 0 Å². The Hall–Kier alpha value is 0.748. The molecule has 0 bridgehead atoms. The van der Waals surface area contributed by atoms with Crippen molar-refractivity contribution in [3.8, 4) is 0 Å². The van der Waals surface area contributed by atoms with Gasteiger partial charge in [0.1, 0.15) is 0 Å². The molecule has 0 spiro atoms. The third-order valence-corrected chi connectivity index (χ3v) is 17.9. The van der Waals surface area contributed by atoms with Crippen LogP contribution in [0.4, 0.5) is 0 Å². The molecule has 0 N–H and O–H groups in total. The van der Waals surface area contributed by atoms with Gasteiger partial charge in [-0.2, -0.15) is 0 Å². The van der Waals surface area contributed by atoms with E-state index in [4.69, 9.17) is 39.2 Å². The Kier molecular flexibility index (Phi) is 16.5. The second-order valence-corrected chi connectivity index (χ2v) is 25.5. The number of hydrogen-bond acceptors (Lipinski definition) is 10. The van der Waals surface area contributed by atoms with E-state index in [0.717, 1.165) is 0 Å². The summed E-state index contributed by atoms with van der Waals surface area (Å²) in [5.41, 5.74) is -4.39. The van der Waals surface area contributed by atoms with E-state index in [1.807, 2.05) is 152 Å². The zero-order valence-electron chi connectivity index (χ0n) is 33.2. The Balaban J connectivity index is 8.09. The van der Waals surface area contributed by atoms with Crippen molar-refractivity contribution in [1.29, 1.82) is 0 Å². The monoisotopic (exact) mass is 720 g/mol. The summed E-state index contributed by atoms with van der Waals surface area (Å²) in [7, 11) is -8.42. The van der Waals surface area contributed by atoms with Gasteiger partial charge < -0.3 is 0 Å². The molecule has 13 heteroatoms. The SMILES string of the molecule is CCC(C)[O][Ti]([O]C(C)CC)([O][Si](OC(C)(C)C)(OC(C)(C)C)OC(C)(C)C)[O][Si](OC(C)(C)C)(OC(C)(C)C)OC(C)(C)C. The van der Waals surface area contributed by atoms with Crippen molar-refractivity contribution in [3.63, 3.8) is 0 Å². The van der Waals surface area contributed by atoms with E-state index < -0.39 is 69.8 Å². The molecular formula is C32H72O10Si2Ti. The van der Waals surface area contributed by atoms with Crippen molar-refractivity contribution >= 4 is 18.1 Å². The summed E-state index contributed by atoms with van der Waals surface area (Å²) in [5, 5.41) is 0. The first-order chi connectivity index (χ1) is 19.6. The molecule has 0 aliphatic rings. The van der Waals surface area contributed by atoms with Gasteiger partial charge in [-0.3, -0.25) is 0 Å². The molecule has 0 aromatic carbocycles. The number of hydrogen-bond donors (Lipinski definition) is 0. The van der Waals surface area contributed by atoms with Crippen LogP contribution in [0.2, 0.25) is 0 Å². The Labute approximate surface area is 285 Å². The normalized spacial score (nSPS) is 16.7. The average Bonchev–Trinajstić information content (AvgIpc) is 2.64. The van der Waals surface area contributed by atoms with Crippen LogP contribution in [0.5, 0.6) is 0 Å². The van der Waals surface area contributed by atoms with Crippen LogP contribution in [0.25, 0.3) is 0 Å². The molecule has 0 amide bonds. The van der Waals surface area contributed by atoms with Crippen molar-refractivity contribution in [3.05, 3.63) is 0 Å². The van der Waals surface area contributed by atoms with Crippen LogP contribution in [-0.2, 0) is 57.3 Å². The topological polar surface area (TPSA) is 92.3 Å². The van der Waals surface area contributed by atoms with Crippen molar-refractivity contribution in [1.82, 2.24) is 0 Å². The maximum absolute atomic E-state index is 7.19. The third kappa shape index (κ3) is 20.8. The van der Waals surface area contributed by atoms with Gasteiger partial charge >= 0.3 is 286 Å². The quantitative estimate of drug-likeness (QED) is 0.144. The predicted molar refractivity (Wildman–Crippen MR) is 180 cm³/mol. The summed E-state index contributed by atoms with van der Waals surface area (Å²) in [4.78, 5) is 0. The minimum absolute atomic E-state index is 0.328. The van der Waals surface area contributed by atoms with Gasteiger partial charge in [0.05, 0.1) is 0 Å². The molecule has 0 fully saturated rings. The molecule has 0 rings (SSSR count). The Bertz CT molecular complexity index is 724. The van der Waals surface area contributed by atoms with Crippen molar-refractivity contribution in [2.24, 2.45) is 0 Å². The Morgan fingerprint density at radius 2 is 0.578 bits per heavy atom. The summed E-state index contributed by atoms with van der Waals surface area (Å²) in [6.07, 6.45) is 0.663. The standard InChI is InChI=1S/2C12H27O4Si.2C4H9O.Ti/c2*1-10(2,3)14-17(13,15-11(4,5)6)16-12(7,8)9;2*1-3-4(2)5;/h2*1-9H3;2*4H,3H2,1-2H3;/q4*-1;+4. The molecule has 0 saturated heterocycles. The third-order valence-electron chi connectivity index (χ3n) is 4.93. The summed E-state index contributed by atoms with van der Waals surface area (Å²) in [6.45, 7) is 42.8. The fraction of sp³-hybridized carbons (Fsp3) is 1.00. The van der Waals surface area contributed by atoms with Crippen LogP contribution in [-0.4, -0.2) is 63.9 Å². The van der Waals surface area contributed by atoms with Gasteiger partial charge in [0.25, 0.3) is 0 Å². The zero-order valence-corrected chi connectivity index (χ0v) is 36.7. The molecule has 0 radical (unpaired) electrons. The summed E-state index contributed by atoms with van der Waals surface area (Å²) in [6, 6.07) is 0. The minimum atomic E-state index is -5.22. The first-order valence-electron chi connectivity index (χ1n) is 16.5. The molecule has 45 heavy (non-hydrogen) atoms. The molecule has 0 heterocycles. The van der Waals surface area contributed by atoms with Crippen molar-refractivity contribution in [2.45, 2.75) is 211 Å². The van der Waals surface area contributed by atoms with Crippen LogP contribution in [0.1, 0.15) is 165 Å². The van der Waals surface area contributed by atoms with Gasteiger partial charge in [-0.15, -0.1) is 0 Å². The average molecular weight is 721 g/mol. The van der Waals surface area contributed by atoms with Gasteiger partial charge in [-0.05, 0) is 0 Å². The van der Waals surface area contributed by atoms with Crippen LogP contribution in [0.15, 0.2) is 0 Å². The second kappa shape index (κ2) is 16.2. The van der Waals surface area contributed by atoms with Gasteiger partial charge in [0, 0.05) is 0 Å². The summed E-state index contributed by atoms with van der Waals surface area (Å²) < 4.78 is 68.6. The molecule has 272 valence electrons. The van der Waals surface area contributed by atoms with Crippen LogP contribution in [0.3, 0.4) is 0 Å². The molecule has 0 aromatic heterocycles. The van der Waals surface area contributed by atoms with Gasteiger partial charge in [0.2, 0.25) is 0 Å². The second-order valence-electron chi connectivity index (χ2n) is 17.7. The van der Waals surface area contributed by atoms with E-state index >= 15 is 0 Å². The van der Waals surface area contributed by atoms with E-state index in [1.165, 1.54) is 0 Å². The molecule has 0 aliphatic carbocycles. The van der Waals surface area contributed by atoms with E-state index in [0.29, 0.717) is 12.8 Å². The fourth-order valence-electron chi connectivity index (χ4n) is 3.61. The Morgan fingerprint density at radius 3 is 0.711 bits per heavy atom. The first-order valence-corrected chi connectivity index (χ1v) is 22.3. The first kappa shape index (κ1) is 45.7. The summed E-state index contributed by atoms with van der Waals surface area (Å²) >= 11 is -5.22. The molecular weight excluding hydrogens is 648 g/mol. The molecule has 0 aliphatic heterocycles. The van der Waals surface area contributed by atoms with E-state index in [9.17, 15) is 0 Å². The van der Waals surface area contributed by atoms with Crippen LogP contribution >= 0.6 is 0 Å². The van der Waals surface area contributed by atoms with Crippen LogP contribution < -0.4 is 0 Å². The van der Waals surface area contributed by atoms with E-state index in [2.05, 4.69) is 0 Å². The van der Waals surface area contributed by atoms with Crippen LogP contribution in [0, 0.1) is 0 Å².